The van der Waals surface area contributed by atoms with Crippen LogP contribution in [0, 0.1) is 11.8 Å². The number of unbranched alkanes of at least 4 members (excludes halogenated alkanes) is 2. The van der Waals surface area contributed by atoms with Gasteiger partial charge in [0.1, 0.15) is 5.78 Å². The highest BCUT2D eigenvalue weighted by Crippen LogP contribution is 2.32. The van der Waals surface area contributed by atoms with Crippen LogP contribution in [0.15, 0.2) is 12.2 Å². The molecule has 0 N–H and O–H groups in total. The third-order valence-electron chi connectivity index (χ3n) is 3.66. The van der Waals surface area contributed by atoms with Crippen molar-refractivity contribution in [1.29, 1.82) is 0 Å². The molecule has 2 unspecified atom stereocenters. The molecular formula is C15H26O. The Bertz CT molecular complexity index is 242. The van der Waals surface area contributed by atoms with Crippen LogP contribution in [0.3, 0.4) is 0 Å². The quantitative estimate of drug-likeness (QED) is 0.477. The predicted molar refractivity (Wildman–Crippen MR) is 69.4 cm³/mol. The molecule has 1 nitrogen and oxygen atoms in total. The van der Waals surface area contributed by atoms with Gasteiger partial charge in [-0.05, 0) is 32.6 Å². The van der Waals surface area contributed by atoms with Crippen molar-refractivity contribution in [2.75, 3.05) is 0 Å². The molecule has 1 fully saturated rings. The zero-order valence-corrected chi connectivity index (χ0v) is 10.9. The molecule has 0 aliphatic heterocycles. The van der Waals surface area contributed by atoms with Crippen LogP contribution in [-0.2, 0) is 4.79 Å². The predicted octanol–water partition coefficient (Wildman–Crippen LogP) is 4.52. The Labute approximate surface area is 100 Å². The number of Topliss-reactive ketones (excluding diaryl/α,β-unsaturated/α-hetero) is 1. The number of carbonyl (C=O) groups excluding carboxylic acids is 1. The standard InChI is InChI=1S/C15H26O/c1-4-5-6-8-13-9-7-10-14(15(13)16)11-12(2)3/h13-14H,2,4-11H2,1,3H3. The van der Waals surface area contributed by atoms with E-state index in [0.717, 1.165) is 31.3 Å². The van der Waals surface area contributed by atoms with Gasteiger partial charge in [-0.3, -0.25) is 4.79 Å². The molecule has 92 valence electrons. The van der Waals surface area contributed by atoms with Gasteiger partial charge in [0.25, 0.3) is 0 Å². The van der Waals surface area contributed by atoms with E-state index in [9.17, 15) is 4.79 Å². The van der Waals surface area contributed by atoms with Crippen LogP contribution in [0.5, 0.6) is 0 Å². The average Bonchev–Trinajstić information content (AvgIpc) is 2.23. The Balaban J connectivity index is 2.40. The van der Waals surface area contributed by atoms with Gasteiger partial charge in [-0.25, -0.2) is 0 Å². The van der Waals surface area contributed by atoms with E-state index in [2.05, 4.69) is 13.5 Å². The lowest BCUT2D eigenvalue weighted by Gasteiger charge is -2.28. The maximum Gasteiger partial charge on any atom is 0.139 e. The molecule has 0 heterocycles. The number of hydrogen-bond acceptors (Lipinski definition) is 1. The first-order chi connectivity index (χ1) is 7.65. The molecule has 0 aromatic carbocycles. The molecule has 0 radical (unpaired) electrons. The van der Waals surface area contributed by atoms with Crippen molar-refractivity contribution in [3.05, 3.63) is 12.2 Å². The molecule has 16 heavy (non-hydrogen) atoms. The average molecular weight is 222 g/mol. The monoisotopic (exact) mass is 222 g/mol. The Hall–Kier alpha value is -0.590. The van der Waals surface area contributed by atoms with Gasteiger partial charge in [-0.15, -0.1) is 6.58 Å². The lowest BCUT2D eigenvalue weighted by Crippen LogP contribution is -2.28. The highest BCUT2D eigenvalue weighted by Gasteiger charge is 2.30. The van der Waals surface area contributed by atoms with Crippen LogP contribution in [-0.4, -0.2) is 5.78 Å². The van der Waals surface area contributed by atoms with E-state index in [0.29, 0.717) is 11.7 Å². The molecule has 1 aliphatic carbocycles. The number of ketones is 1. The first-order valence-electron chi connectivity index (χ1n) is 6.83. The van der Waals surface area contributed by atoms with Gasteiger partial charge in [0, 0.05) is 11.8 Å². The smallest absolute Gasteiger partial charge is 0.139 e. The van der Waals surface area contributed by atoms with E-state index in [1.54, 1.807) is 0 Å². The maximum absolute atomic E-state index is 12.2. The third kappa shape index (κ3) is 4.11. The molecule has 2 atom stereocenters. The number of rotatable bonds is 6. The summed E-state index contributed by atoms with van der Waals surface area (Å²) in [4.78, 5) is 12.2. The SMILES string of the molecule is C=C(C)CC1CCCC(CCCCC)C1=O. The van der Waals surface area contributed by atoms with Crippen molar-refractivity contribution in [2.45, 2.75) is 65.2 Å². The maximum atomic E-state index is 12.2. The molecule has 0 amide bonds. The van der Waals surface area contributed by atoms with Crippen LogP contribution >= 0.6 is 0 Å². The second-order valence-corrected chi connectivity index (χ2v) is 5.38. The van der Waals surface area contributed by atoms with Crippen molar-refractivity contribution in [1.82, 2.24) is 0 Å². The summed E-state index contributed by atoms with van der Waals surface area (Å²) in [6, 6.07) is 0. The topological polar surface area (TPSA) is 17.1 Å². The summed E-state index contributed by atoms with van der Waals surface area (Å²) in [6.45, 7) is 8.18. The van der Waals surface area contributed by atoms with Crippen molar-refractivity contribution < 1.29 is 4.79 Å². The van der Waals surface area contributed by atoms with Crippen molar-refractivity contribution in [3.63, 3.8) is 0 Å². The zero-order chi connectivity index (χ0) is 12.0. The minimum atomic E-state index is 0.290. The van der Waals surface area contributed by atoms with E-state index in [1.807, 2.05) is 6.92 Å². The summed E-state index contributed by atoms with van der Waals surface area (Å²) in [5.74, 6) is 1.19. The molecule has 0 bridgehead atoms. The minimum absolute atomic E-state index is 0.290. The van der Waals surface area contributed by atoms with Crippen molar-refractivity contribution >= 4 is 5.78 Å². The number of hydrogen-bond donors (Lipinski definition) is 0. The van der Waals surface area contributed by atoms with Gasteiger partial charge in [-0.2, -0.15) is 0 Å². The summed E-state index contributed by atoms with van der Waals surface area (Å²) in [5.41, 5.74) is 1.16. The van der Waals surface area contributed by atoms with Crippen molar-refractivity contribution in [2.24, 2.45) is 11.8 Å². The van der Waals surface area contributed by atoms with Crippen molar-refractivity contribution in [3.8, 4) is 0 Å². The summed E-state index contributed by atoms with van der Waals surface area (Å²) >= 11 is 0. The highest BCUT2D eigenvalue weighted by molar-refractivity contribution is 5.84. The van der Waals surface area contributed by atoms with Gasteiger partial charge >= 0.3 is 0 Å². The zero-order valence-electron chi connectivity index (χ0n) is 10.9. The Morgan fingerprint density at radius 3 is 2.62 bits per heavy atom. The van der Waals surface area contributed by atoms with E-state index in [1.165, 1.54) is 25.7 Å². The number of allylic oxidation sites excluding steroid dienone is 1. The van der Waals surface area contributed by atoms with Gasteiger partial charge < -0.3 is 0 Å². The van der Waals surface area contributed by atoms with Gasteiger partial charge in [-0.1, -0.05) is 38.2 Å². The number of carbonyl (C=O) groups is 1. The molecule has 0 saturated heterocycles. The molecule has 1 heteroatoms. The fraction of sp³-hybridized carbons (Fsp3) is 0.800. The lowest BCUT2D eigenvalue weighted by molar-refractivity contribution is -0.129. The van der Waals surface area contributed by atoms with Gasteiger partial charge in [0.2, 0.25) is 0 Å². The molecule has 0 aromatic rings. The summed E-state index contributed by atoms with van der Waals surface area (Å²) in [5, 5.41) is 0. The van der Waals surface area contributed by atoms with Gasteiger partial charge in [0.15, 0.2) is 0 Å². The summed E-state index contributed by atoms with van der Waals surface area (Å²) in [7, 11) is 0. The third-order valence-corrected chi connectivity index (χ3v) is 3.66. The van der Waals surface area contributed by atoms with Crippen LogP contribution in [0.4, 0.5) is 0 Å². The van der Waals surface area contributed by atoms with E-state index < -0.39 is 0 Å². The molecule has 1 rings (SSSR count). The normalized spacial score (nSPS) is 25.8. The molecular weight excluding hydrogens is 196 g/mol. The Morgan fingerprint density at radius 1 is 1.31 bits per heavy atom. The van der Waals surface area contributed by atoms with Crippen LogP contribution in [0.25, 0.3) is 0 Å². The fourth-order valence-corrected chi connectivity index (χ4v) is 2.78. The minimum Gasteiger partial charge on any atom is -0.299 e. The largest absolute Gasteiger partial charge is 0.299 e. The summed E-state index contributed by atoms with van der Waals surface area (Å²) < 4.78 is 0. The molecule has 1 saturated carbocycles. The first-order valence-corrected chi connectivity index (χ1v) is 6.83. The fourth-order valence-electron chi connectivity index (χ4n) is 2.78. The summed E-state index contributed by atoms with van der Waals surface area (Å²) in [6.07, 6.45) is 9.26. The molecule has 0 spiro atoms. The second-order valence-electron chi connectivity index (χ2n) is 5.38. The second kappa shape index (κ2) is 6.88. The Morgan fingerprint density at radius 2 is 2.00 bits per heavy atom. The van der Waals surface area contributed by atoms with E-state index in [4.69, 9.17) is 0 Å². The van der Waals surface area contributed by atoms with E-state index in [-0.39, 0.29) is 5.92 Å². The van der Waals surface area contributed by atoms with Gasteiger partial charge in [0.05, 0.1) is 0 Å². The van der Waals surface area contributed by atoms with Crippen LogP contribution in [0.2, 0.25) is 0 Å². The molecule has 1 aliphatic rings. The Kier molecular flexibility index (Phi) is 5.79. The van der Waals surface area contributed by atoms with Crippen LogP contribution < -0.4 is 0 Å². The first kappa shape index (κ1) is 13.5. The molecule has 0 aromatic heterocycles. The van der Waals surface area contributed by atoms with Crippen LogP contribution in [0.1, 0.15) is 65.2 Å². The van der Waals surface area contributed by atoms with E-state index >= 15 is 0 Å². The highest BCUT2D eigenvalue weighted by atomic mass is 16.1. The lowest BCUT2D eigenvalue weighted by atomic mass is 9.76.